The number of rotatable bonds is 8. The van der Waals surface area contributed by atoms with Crippen molar-refractivity contribution in [3.8, 4) is 0 Å². The van der Waals surface area contributed by atoms with Crippen LogP contribution in [0.5, 0.6) is 0 Å². The van der Waals surface area contributed by atoms with Crippen molar-refractivity contribution in [3.05, 3.63) is 59.9 Å². The Labute approximate surface area is 161 Å². The van der Waals surface area contributed by atoms with Crippen LogP contribution in [0.3, 0.4) is 0 Å². The summed E-state index contributed by atoms with van der Waals surface area (Å²) >= 11 is 0. The number of nitrogens with one attached hydrogen (secondary N) is 2. The first-order valence-electron chi connectivity index (χ1n) is 9.43. The van der Waals surface area contributed by atoms with Crippen LogP contribution in [-0.2, 0) is 0 Å². The molecule has 1 atom stereocenters. The molecular formula is C21H28N4O2. The number of benzene rings is 1. The maximum Gasteiger partial charge on any atom is 0.319 e. The van der Waals surface area contributed by atoms with Gasteiger partial charge in [-0.1, -0.05) is 19.9 Å². The molecule has 1 heterocycles. The molecule has 0 bridgehead atoms. The number of carbonyl (C=O) groups excluding carboxylic acids is 2. The first-order valence-corrected chi connectivity index (χ1v) is 9.43. The summed E-state index contributed by atoms with van der Waals surface area (Å²) < 4.78 is 0. The number of pyridine rings is 1. The predicted octanol–water partition coefficient (Wildman–Crippen LogP) is 4.23. The molecule has 27 heavy (non-hydrogen) atoms. The van der Waals surface area contributed by atoms with Crippen LogP contribution in [0.15, 0.2) is 48.7 Å². The van der Waals surface area contributed by atoms with Crippen molar-refractivity contribution in [1.82, 2.24) is 15.2 Å². The minimum absolute atomic E-state index is 0.0264. The average molecular weight is 368 g/mol. The Bertz CT molecular complexity index is 726. The number of urea groups is 1. The quantitative estimate of drug-likeness (QED) is 0.732. The molecule has 0 radical (unpaired) electrons. The van der Waals surface area contributed by atoms with Gasteiger partial charge in [-0.25, -0.2) is 4.79 Å². The first kappa shape index (κ1) is 20.4. The predicted molar refractivity (Wildman–Crippen MR) is 108 cm³/mol. The van der Waals surface area contributed by atoms with Gasteiger partial charge in [0.25, 0.3) is 5.91 Å². The average Bonchev–Trinajstić information content (AvgIpc) is 2.68. The zero-order valence-corrected chi connectivity index (χ0v) is 16.2. The highest BCUT2D eigenvalue weighted by atomic mass is 16.2. The maximum absolute atomic E-state index is 12.6. The summed E-state index contributed by atoms with van der Waals surface area (Å²) in [6.45, 7) is 7.50. The highest BCUT2D eigenvalue weighted by molar-refractivity contribution is 5.95. The van der Waals surface area contributed by atoms with E-state index in [1.54, 1.807) is 30.5 Å². The van der Waals surface area contributed by atoms with Crippen LogP contribution in [0.4, 0.5) is 10.5 Å². The number of hydrogen-bond acceptors (Lipinski definition) is 3. The molecule has 6 nitrogen and oxygen atoms in total. The van der Waals surface area contributed by atoms with Crippen LogP contribution in [0.2, 0.25) is 0 Å². The van der Waals surface area contributed by atoms with Crippen LogP contribution in [-0.4, -0.2) is 34.9 Å². The molecule has 0 saturated heterocycles. The minimum atomic E-state index is -0.314. The largest absolute Gasteiger partial charge is 0.339 e. The molecule has 144 valence electrons. The zero-order chi connectivity index (χ0) is 19.6. The van der Waals surface area contributed by atoms with Crippen LogP contribution in [0, 0.1) is 0 Å². The Morgan fingerprint density at radius 2 is 1.70 bits per heavy atom. The molecule has 0 spiro atoms. The molecule has 0 aliphatic rings. The number of aromatic nitrogens is 1. The summed E-state index contributed by atoms with van der Waals surface area (Å²) in [6.07, 6.45) is 3.56. The van der Waals surface area contributed by atoms with E-state index in [-0.39, 0.29) is 18.0 Å². The van der Waals surface area contributed by atoms with E-state index >= 15 is 0 Å². The fourth-order valence-corrected chi connectivity index (χ4v) is 2.80. The lowest BCUT2D eigenvalue weighted by Gasteiger charge is -2.21. The number of nitrogens with zero attached hydrogens (tertiary/aromatic N) is 2. The number of hydrogen-bond donors (Lipinski definition) is 2. The highest BCUT2D eigenvalue weighted by Crippen LogP contribution is 2.13. The molecule has 2 aromatic rings. The van der Waals surface area contributed by atoms with Crippen molar-refractivity contribution in [1.29, 1.82) is 0 Å². The number of anilines is 1. The van der Waals surface area contributed by atoms with E-state index in [9.17, 15) is 9.59 Å². The van der Waals surface area contributed by atoms with Gasteiger partial charge in [0.2, 0.25) is 0 Å². The Balaban J connectivity index is 1.94. The molecule has 2 rings (SSSR count). The molecule has 6 heteroatoms. The topological polar surface area (TPSA) is 74.3 Å². The third-order valence-corrected chi connectivity index (χ3v) is 4.14. The Hall–Kier alpha value is -2.89. The highest BCUT2D eigenvalue weighted by Gasteiger charge is 2.15. The molecule has 2 N–H and O–H groups in total. The summed E-state index contributed by atoms with van der Waals surface area (Å²) in [4.78, 5) is 30.8. The van der Waals surface area contributed by atoms with E-state index in [4.69, 9.17) is 0 Å². The standard InChI is InChI=1S/C21H28N4O2/c1-4-14-25(15-5-2)20(26)17-9-11-18(12-10-17)24-21(27)23-16(3)19-8-6-7-13-22-19/h6-13,16H,4-5,14-15H2,1-3H3,(H2,23,24,27)/t16-/m1/s1. The molecule has 0 unspecified atom stereocenters. The molecular weight excluding hydrogens is 340 g/mol. The van der Waals surface area contributed by atoms with Crippen LogP contribution < -0.4 is 10.6 Å². The minimum Gasteiger partial charge on any atom is -0.339 e. The van der Waals surface area contributed by atoms with E-state index in [1.165, 1.54) is 0 Å². The van der Waals surface area contributed by atoms with Gasteiger partial charge >= 0.3 is 6.03 Å². The first-order chi connectivity index (χ1) is 13.0. The van der Waals surface area contributed by atoms with Gasteiger partial charge in [0.1, 0.15) is 0 Å². The smallest absolute Gasteiger partial charge is 0.319 e. The molecule has 1 aromatic heterocycles. The van der Waals surface area contributed by atoms with Gasteiger partial charge in [-0.15, -0.1) is 0 Å². The SMILES string of the molecule is CCCN(CCC)C(=O)c1ccc(NC(=O)N[C@H](C)c2ccccn2)cc1. The zero-order valence-electron chi connectivity index (χ0n) is 16.2. The molecule has 3 amide bonds. The van der Waals surface area contributed by atoms with Crippen LogP contribution in [0.1, 0.15) is 55.7 Å². The van der Waals surface area contributed by atoms with Gasteiger partial charge in [-0.05, 0) is 56.2 Å². The monoisotopic (exact) mass is 368 g/mol. The third-order valence-electron chi connectivity index (χ3n) is 4.14. The van der Waals surface area contributed by atoms with Crippen molar-refractivity contribution in [2.24, 2.45) is 0 Å². The molecule has 1 aromatic carbocycles. The summed E-state index contributed by atoms with van der Waals surface area (Å²) in [5.74, 6) is 0.0264. The second-order valence-corrected chi connectivity index (χ2v) is 6.44. The van der Waals surface area contributed by atoms with Gasteiger partial charge in [0.05, 0.1) is 11.7 Å². The van der Waals surface area contributed by atoms with Crippen molar-refractivity contribution >= 4 is 17.6 Å². The number of carbonyl (C=O) groups is 2. The van der Waals surface area contributed by atoms with Crippen molar-refractivity contribution in [2.45, 2.75) is 39.7 Å². The second kappa shape index (κ2) is 10.3. The summed E-state index contributed by atoms with van der Waals surface area (Å²) in [5.41, 5.74) is 2.06. The fraction of sp³-hybridized carbons (Fsp3) is 0.381. The normalized spacial score (nSPS) is 11.5. The summed E-state index contributed by atoms with van der Waals surface area (Å²) in [5, 5.41) is 5.63. The summed E-state index contributed by atoms with van der Waals surface area (Å²) in [6, 6.07) is 12.0. The number of amides is 3. The lowest BCUT2D eigenvalue weighted by atomic mass is 10.1. The van der Waals surface area contributed by atoms with Crippen molar-refractivity contribution in [3.63, 3.8) is 0 Å². The fourth-order valence-electron chi connectivity index (χ4n) is 2.80. The third kappa shape index (κ3) is 6.09. The Morgan fingerprint density at radius 1 is 1.04 bits per heavy atom. The van der Waals surface area contributed by atoms with Crippen LogP contribution >= 0.6 is 0 Å². The Morgan fingerprint density at radius 3 is 2.26 bits per heavy atom. The lowest BCUT2D eigenvalue weighted by molar-refractivity contribution is 0.0755. The van der Waals surface area contributed by atoms with Crippen molar-refractivity contribution < 1.29 is 9.59 Å². The van der Waals surface area contributed by atoms with Gasteiger partial charge in [0, 0.05) is 30.5 Å². The van der Waals surface area contributed by atoms with E-state index in [1.807, 2.05) is 30.0 Å². The summed E-state index contributed by atoms with van der Waals surface area (Å²) in [7, 11) is 0. The molecule has 0 aliphatic carbocycles. The molecule has 0 saturated carbocycles. The van der Waals surface area contributed by atoms with Crippen molar-refractivity contribution in [2.75, 3.05) is 18.4 Å². The van der Waals surface area contributed by atoms with Crippen LogP contribution in [0.25, 0.3) is 0 Å². The van der Waals surface area contributed by atoms with E-state index in [0.717, 1.165) is 31.6 Å². The van der Waals surface area contributed by atoms with E-state index in [2.05, 4.69) is 29.5 Å². The lowest BCUT2D eigenvalue weighted by Crippen LogP contribution is -2.32. The van der Waals surface area contributed by atoms with E-state index < -0.39 is 0 Å². The molecule has 0 fully saturated rings. The van der Waals surface area contributed by atoms with Gasteiger partial charge < -0.3 is 15.5 Å². The Kier molecular flexibility index (Phi) is 7.79. The van der Waals surface area contributed by atoms with Gasteiger partial charge in [-0.2, -0.15) is 0 Å². The second-order valence-electron chi connectivity index (χ2n) is 6.44. The van der Waals surface area contributed by atoms with Gasteiger partial charge in [-0.3, -0.25) is 9.78 Å². The van der Waals surface area contributed by atoms with Gasteiger partial charge in [0.15, 0.2) is 0 Å². The molecule has 0 aliphatic heterocycles. The maximum atomic E-state index is 12.6. The van der Waals surface area contributed by atoms with E-state index in [0.29, 0.717) is 11.3 Å².